The molecular weight excluding hydrogens is 250 g/mol. The molecule has 17 heavy (non-hydrogen) atoms. The standard InChI is InChI=1S/C9H13NO2.H2O4S/c11-7-6-10-8-12-9-4-2-1-3-5-9;1-5(2,3)4/h1-5,10-11H,6-8H2;(H2,1,2,3,4). The molecule has 0 aliphatic heterocycles. The fraction of sp³-hybridized carbons (Fsp3) is 0.333. The molecule has 0 amide bonds. The van der Waals surface area contributed by atoms with Gasteiger partial charge in [-0.1, -0.05) is 18.2 Å². The summed E-state index contributed by atoms with van der Waals surface area (Å²) in [4.78, 5) is 0. The lowest BCUT2D eigenvalue weighted by molar-refractivity contribution is 0.245. The van der Waals surface area contributed by atoms with Crippen molar-refractivity contribution in [3.63, 3.8) is 0 Å². The molecule has 0 bridgehead atoms. The van der Waals surface area contributed by atoms with Gasteiger partial charge in [-0.05, 0) is 12.1 Å². The highest BCUT2D eigenvalue weighted by Gasteiger charge is 1.88. The lowest BCUT2D eigenvalue weighted by Gasteiger charge is -2.05. The van der Waals surface area contributed by atoms with E-state index in [0.29, 0.717) is 13.3 Å². The van der Waals surface area contributed by atoms with Crippen LogP contribution in [0.2, 0.25) is 0 Å². The van der Waals surface area contributed by atoms with E-state index in [9.17, 15) is 0 Å². The van der Waals surface area contributed by atoms with Gasteiger partial charge in [-0.3, -0.25) is 14.4 Å². The predicted molar refractivity (Wildman–Crippen MR) is 61.2 cm³/mol. The summed E-state index contributed by atoms with van der Waals surface area (Å²) < 4.78 is 36.9. The Balaban J connectivity index is 0.000000437. The number of aliphatic hydroxyl groups is 1. The van der Waals surface area contributed by atoms with Crippen LogP contribution in [0.5, 0.6) is 5.75 Å². The minimum Gasteiger partial charge on any atom is -0.478 e. The van der Waals surface area contributed by atoms with Crippen molar-refractivity contribution < 1.29 is 27.4 Å². The number of hydrogen-bond acceptors (Lipinski definition) is 5. The average Bonchev–Trinajstić information content (AvgIpc) is 2.24. The predicted octanol–water partition coefficient (Wildman–Crippen LogP) is -0.0480. The maximum absolute atomic E-state index is 8.74. The van der Waals surface area contributed by atoms with E-state index in [1.54, 1.807) is 0 Å². The number of para-hydroxylation sites is 1. The molecule has 0 aliphatic rings. The Morgan fingerprint density at radius 3 is 2.18 bits per heavy atom. The normalized spacial score (nSPS) is 10.3. The maximum Gasteiger partial charge on any atom is 0.394 e. The number of rotatable bonds is 5. The molecule has 0 heterocycles. The Morgan fingerprint density at radius 2 is 1.71 bits per heavy atom. The second kappa shape index (κ2) is 8.90. The number of benzene rings is 1. The van der Waals surface area contributed by atoms with Crippen LogP contribution >= 0.6 is 0 Å². The highest BCUT2D eigenvalue weighted by Crippen LogP contribution is 2.06. The number of aliphatic hydroxyl groups excluding tert-OH is 1. The molecular formula is C9H15NO6S. The first-order chi connectivity index (χ1) is 7.93. The fourth-order valence-corrected chi connectivity index (χ4v) is 0.802. The summed E-state index contributed by atoms with van der Waals surface area (Å²) in [7, 11) is -4.67. The molecule has 4 N–H and O–H groups in total. The summed E-state index contributed by atoms with van der Waals surface area (Å²) in [6.07, 6.45) is 0. The Kier molecular flexibility index (Phi) is 8.28. The lowest BCUT2D eigenvalue weighted by atomic mass is 10.3. The second-order valence-electron chi connectivity index (χ2n) is 2.77. The van der Waals surface area contributed by atoms with Crippen molar-refractivity contribution in [3.05, 3.63) is 30.3 Å². The van der Waals surface area contributed by atoms with Crippen molar-refractivity contribution in [2.75, 3.05) is 19.9 Å². The molecule has 0 radical (unpaired) electrons. The van der Waals surface area contributed by atoms with Gasteiger partial charge in [-0.25, -0.2) is 0 Å². The molecule has 0 fully saturated rings. The van der Waals surface area contributed by atoms with Gasteiger partial charge in [-0.15, -0.1) is 0 Å². The third-order valence-electron chi connectivity index (χ3n) is 1.37. The number of hydrogen-bond donors (Lipinski definition) is 4. The average molecular weight is 265 g/mol. The first-order valence-electron chi connectivity index (χ1n) is 4.63. The van der Waals surface area contributed by atoms with Gasteiger partial charge in [0, 0.05) is 6.54 Å². The molecule has 1 rings (SSSR count). The Hall–Kier alpha value is -1.19. The highest BCUT2D eigenvalue weighted by molar-refractivity contribution is 7.79. The van der Waals surface area contributed by atoms with E-state index in [-0.39, 0.29) is 6.61 Å². The van der Waals surface area contributed by atoms with Crippen molar-refractivity contribution in [1.29, 1.82) is 0 Å². The van der Waals surface area contributed by atoms with Crippen LogP contribution in [-0.2, 0) is 10.4 Å². The van der Waals surface area contributed by atoms with Crippen LogP contribution in [-0.4, -0.2) is 42.5 Å². The first-order valence-corrected chi connectivity index (χ1v) is 6.02. The minimum absolute atomic E-state index is 0.137. The molecule has 1 aromatic carbocycles. The Labute approximate surface area is 99.6 Å². The molecule has 0 saturated heterocycles. The molecule has 0 unspecified atom stereocenters. The molecule has 0 aliphatic carbocycles. The smallest absolute Gasteiger partial charge is 0.394 e. The summed E-state index contributed by atoms with van der Waals surface area (Å²) in [6.45, 7) is 1.13. The third kappa shape index (κ3) is 14.8. The maximum atomic E-state index is 8.74. The van der Waals surface area contributed by atoms with Crippen LogP contribution in [0, 0.1) is 0 Å². The molecule has 8 heteroatoms. The van der Waals surface area contributed by atoms with Crippen molar-refractivity contribution in [3.8, 4) is 5.75 Å². The van der Waals surface area contributed by atoms with Crippen molar-refractivity contribution in [1.82, 2.24) is 5.32 Å². The van der Waals surface area contributed by atoms with Gasteiger partial charge in [0.1, 0.15) is 12.5 Å². The molecule has 0 spiro atoms. The quantitative estimate of drug-likeness (QED) is 0.335. The molecule has 98 valence electrons. The van der Waals surface area contributed by atoms with Gasteiger partial charge in [-0.2, -0.15) is 8.42 Å². The zero-order chi connectivity index (χ0) is 13.1. The van der Waals surface area contributed by atoms with E-state index in [0.717, 1.165) is 5.75 Å². The van der Waals surface area contributed by atoms with E-state index in [2.05, 4.69) is 5.32 Å². The highest BCUT2D eigenvalue weighted by atomic mass is 32.3. The van der Waals surface area contributed by atoms with E-state index < -0.39 is 10.4 Å². The zero-order valence-electron chi connectivity index (χ0n) is 8.98. The van der Waals surface area contributed by atoms with Crippen LogP contribution < -0.4 is 10.1 Å². The third-order valence-corrected chi connectivity index (χ3v) is 1.37. The fourth-order valence-electron chi connectivity index (χ4n) is 0.802. The summed E-state index contributed by atoms with van der Waals surface area (Å²) in [6, 6.07) is 9.55. The lowest BCUT2D eigenvalue weighted by Crippen LogP contribution is -2.23. The van der Waals surface area contributed by atoms with Crippen LogP contribution in [0.25, 0.3) is 0 Å². The summed E-state index contributed by atoms with van der Waals surface area (Å²) >= 11 is 0. The minimum atomic E-state index is -4.67. The van der Waals surface area contributed by atoms with Crippen molar-refractivity contribution in [2.24, 2.45) is 0 Å². The van der Waals surface area contributed by atoms with Gasteiger partial charge >= 0.3 is 10.4 Å². The SMILES string of the molecule is O=S(=O)(O)O.OCCNCOc1ccccc1. The van der Waals surface area contributed by atoms with Gasteiger partial charge in [0.15, 0.2) is 0 Å². The second-order valence-corrected chi connectivity index (χ2v) is 3.67. The largest absolute Gasteiger partial charge is 0.478 e. The molecule has 7 nitrogen and oxygen atoms in total. The van der Waals surface area contributed by atoms with Crippen LogP contribution in [0.15, 0.2) is 30.3 Å². The summed E-state index contributed by atoms with van der Waals surface area (Å²) in [5.41, 5.74) is 0. The molecule has 0 atom stereocenters. The van der Waals surface area contributed by atoms with Crippen molar-refractivity contribution in [2.45, 2.75) is 0 Å². The van der Waals surface area contributed by atoms with E-state index in [1.165, 1.54) is 0 Å². The Bertz CT molecular complexity index is 372. The summed E-state index contributed by atoms with van der Waals surface area (Å²) in [5, 5.41) is 11.4. The van der Waals surface area contributed by atoms with Gasteiger partial charge in [0.05, 0.1) is 6.61 Å². The van der Waals surface area contributed by atoms with E-state index in [4.69, 9.17) is 27.4 Å². The van der Waals surface area contributed by atoms with Gasteiger partial charge in [0.2, 0.25) is 0 Å². The van der Waals surface area contributed by atoms with Gasteiger partial charge in [0.25, 0.3) is 0 Å². The Morgan fingerprint density at radius 1 is 1.18 bits per heavy atom. The van der Waals surface area contributed by atoms with Crippen LogP contribution in [0.1, 0.15) is 0 Å². The van der Waals surface area contributed by atoms with E-state index >= 15 is 0 Å². The van der Waals surface area contributed by atoms with Crippen LogP contribution in [0.4, 0.5) is 0 Å². The number of ether oxygens (including phenoxy) is 1. The molecule has 0 aromatic heterocycles. The molecule has 1 aromatic rings. The first kappa shape index (κ1) is 15.8. The summed E-state index contributed by atoms with van der Waals surface area (Å²) in [5.74, 6) is 0.836. The topological polar surface area (TPSA) is 116 Å². The monoisotopic (exact) mass is 265 g/mol. The number of nitrogens with one attached hydrogen (secondary N) is 1. The van der Waals surface area contributed by atoms with E-state index in [1.807, 2.05) is 30.3 Å². The van der Waals surface area contributed by atoms with Gasteiger partial charge < -0.3 is 9.84 Å². The zero-order valence-corrected chi connectivity index (χ0v) is 9.80. The van der Waals surface area contributed by atoms with Crippen LogP contribution in [0.3, 0.4) is 0 Å². The molecule has 0 saturated carbocycles. The van der Waals surface area contributed by atoms with Crippen molar-refractivity contribution >= 4 is 10.4 Å².